The zero-order valence-electron chi connectivity index (χ0n) is 47.2. The van der Waals surface area contributed by atoms with Crippen LogP contribution in [-0.4, -0.2) is 15.0 Å². The summed E-state index contributed by atoms with van der Waals surface area (Å²) < 4.78 is 0. The average Bonchev–Trinajstić information content (AvgIpc) is 0.932. The van der Waals surface area contributed by atoms with Crippen molar-refractivity contribution in [1.82, 2.24) is 15.0 Å². The van der Waals surface area contributed by atoms with Crippen LogP contribution in [0.3, 0.4) is 0 Å². The highest BCUT2D eigenvalue weighted by Crippen LogP contribution is 2.58. The fourth-order valence-corrected chi connectivity index (χ4v) is 12.1. The van der Waals surface area contributed by atoms with Crippen LogP contribution in [0.4, 0.5) is 85.3 Å². The predicted octanol–water partition coefficient (Wildman–Crippen LogP) is 22.0. The van der Waals surface area contributed by atoms with Crippen LogP contribution >= 0.6 is 0 Å². The number of nitrogens with zero attached hydrogens (tertiary/aromatic N) is 10. The standard InChI is InChI=1S/C78H48N10/c1-79-59-24-18-21-54(47-59)52-39-41-53(42-40-52)76-82-77(64-45-43-57(55-22-19-25-60(48-55)80-2)50-74(64)87-70-35-14-10-31-66(70)85(62-27-6-4-7-28-62)67-32-11-15-36-71(67)87)84-78(83-76)65-46-44-58(56-23-20-26-61(49-56)81-3)51-75(65)88-72-37-16-12-33-68(72)86(63-29-8-5-9-30-63)69-34-13-17-38-73(69)88/h4-51H. The van der Waals surface area contributed by atoms with Gasteiger partial charge in [-0.25, -0.2) is 29.5 Å². The van der Waals surface area contributed by atoms with Crippen molar-refractivity contribution in [2.45, 2.75) is 0 Å². The smallest absolute Gasteiger partial charge is 0.187 e. The molecule has 2 aliphatic rings. The van der Waals surface area contributed by atoms with Gasteiger partial charge in [0.1, 0.15) is 0 Å². The summed E-state index contributed by atoms with van der Waals surface area (Å²) in [5.41, 5.74) is 20.7. The Morgan fingerprint density at radius 3 is 0.852 bits per heavy atom. The molecule has 88 heavy (non-hydrogen) atoms. The topological polar surface area (TPSA) is 64.7 Å². The van der Waals surface area contributed by atoms with E-state index < -0.39 is 0 Å². The number of hydrogen-bond donors (Lipinski definition) is 0. The fraction of sp³-hybridized carbons (Fsp3) is 0. The first-order chi connectivity index (χ1) is 43.5. The van der Waals surface area contributed by atoms with Crippen molar-refractivity contribution in [3.8, 4) is 67.5 Å². The van der Waals surface area contributed by atoms with Gasteiger partial charge in [0.2, 0.25) is 0 Å². The van der Waals surface area contributed by atoms with E-state index in [0.717, 1.165) is 118 Å². The molecule has 10 heteroatoms. The number of benzene rings is 12. The maximum Gasteiger partial charge on any atom is 0.187 e. The Morgan fingerprint density at radius 1 is 0.216 bits per heavy atom. The molecule has 1 aromatic heterocycles. The van der Waals surface area contributed by atoms with Gasteiger partial charge in [-0.2, -0.15) is 0 Å². The molecule has 12 aromatic carbocycles. The Bertz CT molecular complexity index is 4650. The molecule has 10 nitrogen and oxygen atoms in total. The maximum absolute atomic E-state index is 7.99. The number of hydrogen-bond acceptors (Lipinski definition) is 7. The molecule has 0 radical (unpaired) electrons. The number of rotatable bonds is 10. The summed E-state index contributed by atoms with van der Waals surface area (Å²) in [6.07, 6.45) is 0. The second-order valence-electron chi connectivity index (χ2n) is 21.3. The number of aromatic nitrogens is 3. The second kappa shape index (κ2) is 22.1. The second-order valence-corrected chi connectivity index (χ2v) is 21.3. The Balaban J connectivity index is 1.00. The van der Waals surface area contributed by atoms with Crippen LogP contribution in [-0.2, 0) is 0 Å². The third kappa shape index (κ3) is 9.28. The van der Waals surface area contributed by atoms with Crippen molar-refractivity contribution in [3.05, 3.63) is 325 Å². The van der Waals surface area contributed by atoms with Gasteiger partial charge in [0.05, 0.1) is 76.6 Å². The molecule has 0 saturated heterocycles. The summed E-state index contributed by atoms with van der Waals surface area (Å²) in [5, 5.41) is 0. The molecule has 410 valence electrons. The third-order valence-electron chi connectivity index (χ3n) is 16.1. The SMILES string of the molecule is [C-]#[N+]c1cccc(-c2ccc(-c3nc(-c4ccc(-c5cccc([N+]#[C-])c5)cc4N4c5ccccc5N(c5ccccc5)c5ccccc54)nc(-c4ccc(-c5cccc([N+]#[C-])c5)cc4N4c5ccccc5N(c5ccccc5)c5ccccc54)n3)cc2)c1. The molecule has 0 amide bonds. The molecule has 0 bridgehead atoms. The monoisotopic (exact) mass is 1120 g/mol. The summed E-state index contributed by atoms with van der Waals surface area (Å²) in [4.78, 5) is 37.4. The van der Waals surface area contributed by atoms with E-state index in [4.69, 9.17) is 34.7 Å². The maximum atomic E-state index is 7.99. The van der Waals surface area contributed by atoms with Crippen molar-refractivity contribution in [2.24, 2.45) is 0 Å². The molecule has 0 unspecified atom stereocenters. The Morgan fingerprint density at radius 2 is 0.500 bits per heavy atom. The van der Waals surface area contributed by atoms with Crippen molar-refractivity contribution < 1.29 is 0 Å². The summed E-state index contributed by atoms with van der Waals surface area (Å²) in [6.45, 7) is 23.7. The summed E-state index contributed by atoms with van der Waals surface area (Å²) >= 11 is 0. The van der Waals surface area contributed by atoms with Gasteiger partial charge in [0.25, 0.3) is 0 Å². The lowest BCUT2D eigenvalue weighted by atomic mass is 9.97. The van der Waals surface area contributed by atoms with E-state index in [2.05, 4.69) is 228 Å². The Hall–Kier alpha value is -12.7. The van der Waals surface area contributed by atoms with Crippen LogP contribution in [0.5, 0.6) is 0 Å². The van der Waals surface area contributed by atoms with Crippen molar-refractivity contribution in [3.63, 3.8) is 0 Å². The molecule has 3 heterocycles. The first-order valence-electron chi connectivity index (χ1n) is 28.8. The molecule has 0 spiro atoms. The van der Waals surface area contributed by atoms with Crippen LogP contribution in [0, 0.1) is 19.7 Å². The number of anilines is 12. The molecule has 0 atom stereocenters. The first-order valence-corrected chi connectivity index (χ1v) is 28.8. The molecule has 15 rings (SSSR count). The minimum absolute atomic E-state index is 0.431. The lowest BCUT2D eigenvalue weighted by Gasteiger charge is -2.41. The normalized spacial score (nSPS) is 12.0. The van der Waals surface area contributed by atoms with E-state index in [0.29, 0.717) is 34.5 Å². The number of fused-ring (bicyclic) bond motifs is 4. The van der Waals surface area contributed by atoms with Crippen LogP contribution in [0.15, 0.2) is 291 Å². The van der Waals surface area contributed by atoms with Gasteiger partial charge in [-0.05, 0) is 149 Å². The summed E-state index contributed by atoms with van der Waals surface area (Å²) in [6, 6.07) is 98.8. The summed E-state index contributed by atoms with van der Waals surface area (Å²) in [5.74, 6) is 1.31. The highest BCUT2D eigenvalue weighted by Gasteiger charge is 2.35. The van der Waals surface area contributed by atoms with Gasteiger partial charge >= 0.3 is 0 Å². The van der Waals surface area contributed by atoms with Crippen molar-refractivity contribution in [2.75, 3.05) is 19.6 Å². The Labute approximate surface area is 510 Å². The van der Waals surface area contributed by atoms with Gasteiger partial charge in [-0.1, -0.05) is 176 Å². The summed E-state index contributed by atoms with van der Waals surface area (Å²) in [7, 11) is 0. The molecule has 0 saturated carbocycles. The number of para-hydroxylation sites is 10. The van der Waals surface area contributed by atoms with Gasteiger partial charge < -0.3 is 19.6 Å². The van der Waals surface area contributed by atoms with Crippen molar-refractivity contribution >= 4 is 85.3 Å². The van der Waals surface area contributed by atoms with E-state index in [1.807, 2.05) is 97.1 Å². The van der Waals surface area contributed by atoms with Crippen LogP contribution in [0.1, 0.15) is 0 Å². The third-order valence-corrected chi connectivity index (χ3v) is 16.1. The fourth-order valence-electron chi connectivity index (χ4n) is 12.1. The van der Waals surface area contributed by atoms with Gasteiger partial charge in [-0.15, -0.1) is 0 Å². The van der Waals surface area contributed by atoms with E-state index in [1.54, 1.807) is 0 Å². The molecule has 0 N–H and O–H groups in total. The van der Waals surface area contributed by atoms with Crippen molar-refractivity contribution in [1.29, 1.82) is 0 Å². The van der Waals surface area contributed by atoms with Gasteiger partial charge in [0, 0.05) is 28.1 Å². The molecule has 2 aliphatic heterocycles. The largest absolute Gasteiger partial charge is 0.306 e. The highest BCUT2D eigenvalue weighted by molar-refractivity contribution is 6.06. The molecule has 0 aliphatic carbocycles. The van der Waals surface area contributed by atoms with E-state index in [1.165, 1.54) is 0 Å². The van der Waals surface area contributed by atoms with Crippen LogP contribution < -0.4 is 19.6 Å². The molecule has 0 fully saturated rings. The van der Waals surface area contributed by atoms with E-state index in [-0.39, 0.29) is 0 Å². The average molecular weight is 1130 g/mol. The van der Waals surface area contributed by atoms with E-state index in [9.17, 15) is 0 Å². The zero-order valence-corrected chi connectivity index (χ0v) is 47.2. The lowest BCUT2D eigenvalue weighted by molar-refractivity contribution is 1.07. The minimum atomic E-state index is 0.431. The predicted molar refractivity (Wildman–Crippen MR) is 357 cm³/mol. The molecular weight excluding hydrogens is 1080 g/mol. The first kappa shape index (κ1) is 52.1. The van der Waals surface area contributed by atoms with Crippen LogP contribution in [0.25, 0.3) is 82.1 Å². The Kier molecular flexibility index (Phi) is 13.1. The van der Waals surface area contributed by atoms with Gasteiger partial charge in [0.15, 0.2) is 34.5 Å². The van der Waals surface area contributed by atoms with E-state index >= 15 is 0 Å². The molecule has 13 aromatic rings. The minimum Gasteiger partial charge on any atom is -0.306 e. The van der Waals surface area contributed by atoms with Gasteiger partial charge in [-0.3, -0.25) is 0 Å². The zero-order chi connectivity index (χ0) is 59.1. The lowest BCUT2D eigenvalue weighted by Crippen LogP contribution is -2.24. The van der Waals surface area contributed by atoms with Crippen LogP contribution in [0.2, 0.25) is 0 Å². The highest BCUT2D eigenvalue weighted by atomic mass is 15.3. The molecular formula is C78H48N10. The quantitative estimate of drug-likeness (QED) is 0.126.